The number of amides is 1. The zero-order valence-electron chi connectivity index (χ0n) is 13.0. The van der Waals surface area contributed by atoms with Gasteiger partial charge in [0.15, 0.2) is 0 Å². The van der Waals surface area contributed by atoms with Crippen LogP contribution in [0.4, 0.5) is 5.69 Å². The summed E-state index contributed by atoms with van der Waals surface area (Å²) in [5.74, 6) is 0.808. The maximum Gasteiger partial charge on any atom is 0.226 e. The van der Waals surface area contributed by atoms with E-state index in [0.29, 0.717) is 6.42 Å². The van der Waals surface area contributed by atoms with Crippen LogP contribution in [0.25, 0.3) is 0 Å². The summed E-state index contributed by atoms with van der Waals surface area (Å²) in [6.07, 6.45) is 5.93. The minimum Gasteiger partial charge on any atom is -0.491 e. The van der Waals surface area contributed by atoms with E-state index in [4.69, 9.17) is 10.5 Å². The molecule has 21 heavy (non-hydrogen) atoms. The van der Waals surface area contributed by atoms with Crippen molar-refractivity contribution in [1.29, 1.82) is 0 Å². The monoisotopic (exact) mass is 290 g/mol. The second kappa shape index (κ2) is 6.94. The summed E-state index contributed by atoms with van der Waals surface area (Å²) in [4.78, 5) is 12.1. The van der Waals surface area contributed by atoms with E-state index in [2.05, 4.69) is 5.32 Å². The van der Waals surface area contributed by atoms with Crippen LogP contribution in [0.2, 0.25) is 0 Å². The molecule has 1 aliphatic rings. The molecule has 0 radical (unpaired) electrons. The molecule has 0 saturated heterocycles. The summed E-state index contributed by atoms with van der Waals surface area (Å²) in [5, 5.41) is 2.92. The fourth-order valence-electron chi connectivity index (χ4n) is 2.85. The standard InChI is InChI=1S/C17H26N2O2/c1-13(2)21-15-8-6-14(7-9-15)19-16(20)12-17(18)10-4-3-5-11-17/h6-9,13H,3-5,10-12,18H2,1-2H3,(H,19,20). The molecule has 1 aromatic carbocycles. The van der Waals surface area contributed by atoms with Crippen LogP contribution in [0, 0.1) is 0 Å². The molecule has 0 unspecified atom stereocenters. The molecule has 0 atom stereocenters. The summed E-state index contributed by atoms with van der Waals surface area (Å²) in [5.41, 5.74) is 6.78. The fraction of sp³-hybridized carbons (Fsp3) is 0.588. The maximum atomic E-state index is 12.1. The minimum absolute atomic E-state index is 0.00284. The molecule has 116 valence electrons. The Balaban J connectivity index is 1.87. The Morgan fingerprint density at radius 1 is 1.24 bits per heavy atom. The highest BCUT2D eigenvalue weighted by Gasteiger charge is 2.29. The van der Waals surface area contributed by atoms with Gasteiger partial charge in [-0.3, -0.25) is 4.79 Å². The fourth-order valence-corrected chi connectivity index (χ4v) is 2.85. The van der Waals surface area contributed by atoms with Crippen molar-refractivity contribution in [1.82, 2.24) is 0 Å². The van der Waals surface area contributed by atoms with E-state index < -0.39 is 0 Å². The lowest BCUT2D eigenvalue weighted by atomic mass is 9.80. The predicted octanol–water partition coefficient (Wildman–Crippen LogP) is 3.46. The molecule has 0 spiro atoms. The van der Waals surface area contributed by atoms with Crippen LogP contribution in [0.3, 0.4) is 0 Å². The van der Waals surface area contributed by atoms with Crippen LogP contribution in [-0.2, 0) is 4.79 Å². The van der Waals surface area contributed by atoms with E-state index in [9.17, 15) is 4.79 Å². The molecule has 1 fully saturated rings. The van der Waals surface area contributed by atoms with Gasteiger partial charge >= 0.3 is 0 Å². The van der Waals surface area contributed by atoms with E-state index in [1.165, 1.54) is 6.42 Å². The Hall–Kier alpha value is -1.55. The zero-order valence-corrected chi connectivity index (χ0v) is 13.0. The number of nitrogens with one attached hydrogen (secondary N) is 1. The van der Waals surface area contributed by atoms with Crippen molar-refractivity contribution in [2.45, 2.75) is 64.0 Å². The molecule has 1 amide bonds. The summed E-state index contributed by atoms with van der Waals surface area (Å²) in [7, 11) is 0. The highest BCUT2D eigenvalue weighted by atomic mass is 16.5. The van der Waals surface area contributed by atoms with Gasteiger partial charge in [0.05, 0.1) is 6.10 Å². The van der Waals surface area contributed by atoms with Gasteiger partial charge in [-0.25, -0.2) is 0 Å². The zero-order chi connectivity index (χ0) is 15.3. The molecule has 4 heteroatoms. The van der Waals surface area contributed by atoms with Crippen molar-refractivity contribution in [3.05, 3.63) is 24.3 Å². The largest absolute Gasteiger partial charge is 0.491 e. The van der Waals surface area contributed by atoms with Crippen molar-refractivity contribution in [2.75, 3.05) is 5.32 Å². The third-order valence-corrected chi connectivity index (χ3v) is 3.87. The molecule has 0 aliphatic heterocycles. The van der Waals surface area contributed by atoms with Crippen molar-refractivity contribution < 1.29 is 9.53 Å². The molecular weight excluding hydrogens is 264 g/mol. The maximum absolute atomic E-state index is 12.1. The van der Waals surface area contributed by atoms with Crippen LogP contribution < -0.4 is 15.8 Å². The topological polar surface area (TPSA) is 64.3 Å². The van der Waals surface area contributed by atoms with Gasteiger partial charge in [0.1, 0.15) is 5.75 Å². The molecular formula is C17H26N2O2. The third-order valence-electron chi connectivity index (χ3n) is 3.87. The van der Waals surface area contributed by atoms with Crippen LogP contribution in [-0.4, -0.2) is 17.6 Å². The first-order chi connectivity index (χ1) is 9.97. The van der Waals surface area contributed by atoms with Gasteiger partial charge in [-0.05, 0) is 51.0 Å². The Labute approximate surface area is 127 Å². The minimum atomic E-state index is -0.316. The van der Waals surface area contributed by atoms with Gasteiger partial charge in [-0.1, -0.05) is 19.3 Å². The number of carbonyl (C=O) groups is 1. The van der Waals surface area contributed by atoms with Gasteiger partial charge in [-0.2, -0.15) is 0 Å². The highest BCUT2D eigenvalue weighted by Crippen LogP contribution is 2.29. The molecule has 0 aromatic heterocycles. The van der Waals surface area contributed by atoms with E-state index in [-0.39, 0.29) is 17.6 Å². The van der Waals surface area contributed by atoms with Gasteiger partial charge in [0.2, 0.25) is 5.91 Å². The Bertz CT molecular complexity index is 462. The first-order valence-corrected chi connectivity index (χ1v) is 7.82. The number of rotatable bonds is 5. The molecule has 4 nitrogen and oxygen atoms in total. The summed E-state index contributed by atoms with van der Waals surface area (Å²) >= 11 is 0. The van der Waals surface area contributed by atoms with Crippen molar-refractivity contribution in [3.63, 3.8) is 0 Å². The second-order valence-electron chi connectivity index (χ2n) is 6.34. The van der Waals surface area contributed by atoms with E-state index in [1.807, 2.05) is 38.1 Å². The van der Waals surface area contributed by atoms with Crippen LogP contribution in [0.5, 0.6) is 5.75 Å². The SMILES string of the molecule is CC(C)Oc1ccc(NC(=O)CC2(N)CCCCC2)cc1. The number of hydrogen-bond acceptors (Lipinski definition) is 3. The average Bonchev–Trinajstić information content (AvgIpc) is 2.40. The Kier molecular flexibility index (Phi) is 5.23. The summed E-state index contributed by atoms with van der Waals surface area (Å²) < 4.78 is 5.58. The number of benzene rings is 1. The van der Waals surface area contributed by atoms with Crippen molar-refractivity contribution in [2.24, 2.45) is 5.73 Å². The summed E-state index contributed by atoms with van der Waals surface area (Å²) in [6.45, 7) is 3.97. The van der Waals surface area contributed by atoms with Crippen LogP contribution >= 0.6 is 0 Å². The first kappa shape index (κ1) is 15.8. The lowest BCUT2D eigenvalue weighted by Crippen LogP contribution is -2.44. The quantitative estimate of drug-likeness (QED) is 0.872. The number of carbonyl (C=O) groups excluding carboxylic acids is 1. The van der Waals surface area contributed by atoms with Crippen LogP contribution in [0.1, 0.15) is 52.4 Å². The van der Waals surface area contributed by atoms with Gasteiger partial charge < -0.3 is 15.8 Å². The van der Waals surface area contributed by atoms with E-state index in [1.54, 1.807) is 0 Å². The lowest BCUT2D eigenvalue weighted by Gasteiger charge is -2.32. The normalized spacial score (nSPS) is 17.5. The molecule has 0 bridgehead atoms. The van der Waals surface area contributed by atoms with Gasteiger partial charge in [0, 0.05) is 17.6 Å². The number of ether oxygens (including phenoxy) is 1. The summed E-state index contributed by atoms with van der Waals surface area (Å²) in [6, 6.07) is 7.46. The third kappa shape index (κ3) is 5.05. The molecule has 1 saturated carbocycles. The molecule has 1 aromatic rings. The molecule has 2 rings (SSSR count). The number of anilines is 1. The Morgan fingerprint density at radius 3 is 2.43 bits per heavy atom. The Morgan fingerprint density at radius 2 is 1.86 bits per heavy atom. The molecule has 1 aliphatic carbocycles. The predicted molar refractivity (Wildman–Crippen MR) is 85.5 cm³/mol. The van der Waals surface area contributed by atoms with Crippen molar-refractivity contribution >= 4 is 11.6 Å². The highest BCUT2D eigenvalue weighted by molar-refractivity contribution is 5.91. The molecule has 3 N–H and O–H groups in total. The lowest BCUT2D eigenvalue weighted by molar-refractivity contribution is -0.117. The number of nitrogens with two attached hydrogens (primary N) is 1. The van der Waals surface area contributed by atoms with Gasteiger partial charge in [0.25, 0.3) is 0 Å². The molecule has 0 heterocycles. The van der Waals surface area contributed by atoms with Crippen molar-refractivity contribution in [3.8, 4) is 5.75 Å². The smallest absolute Gasteiger partial charge is 0.226 e. The average molecular weight is 290 g/mol. The van der Waals surface area contributed by atoms with E-state index >= 15 is 0 Å². The second-order valence-corrected chi connectivity index (χ2v) is 6.34. The van der Waals surface area contributed by atoms with Crippen LogP contribution in [0.15, 0.2) is 24.3 Å². The number of hydrogen-bond donors (Lipinski definition) is 2. The first-order valence-electron chi connectivity index (χ1n) is 7.82. The van der Waals surface area contributed by atoms with E-state index in [0.717, 1.165) is 37.1 Å². The van der Waals surface area contributed by atoms with Gasteiger partial charge in [-0.15, -0.1) is 0 Å².